The maximum atomic E-state index is 12.9. The van der Waals surface area contributed by atoms with Crippen molar-refractivity contribution in [2.45, 2.75) is 32.9 Å². The minimum atomic E-state index is -4.44. The van der Waals surface area contributed by atoms with Crippen molar-refractivity contribution in [3.05, 3.63) is 47.3 Å². The van der Waals surface area contributed by atoms with Gasteiger partial charge in [0, 0.05) is 17.4 Å². The Morgan fingerprint density at radius 2 is 2.04 bits per heavy atom. The molecule has 0 saturated carbocycles. The van der Waals surface area contributed by atoms with Crippen LogP contribution in [0.25, 0.3) is 11.1 Å². The van der Waals surface area contributed by atoms with Gasteiger partial charge >= 0.3 is 6.18 Å². The van der Waals surface area contributed by atoms with Gasteiger partial charge in [0.1, 0.15) is 5.75 Å². The normalized spacial score (nSPS) is 11.8. The Hall–Kier alpha value is -3.10. The van der Waals surface area contributed by atoms with Crippen LogP contribution in [0.3, 0.4) is 0 Å². The number of carbonyl (C=O) groups excluding carboxylic acids is 1. The summed E-state index contributed by atoms with van der Waals surface area (Å²) in [7, 11) is 0. The van der Waals surface area contributed by atoms with Crippen LogP contribution in [0.4, 0.5) is 18.9 Å². The molecular formula is C19H18F3N3O3. The molecule has 2 aromatic heterocycles. The van der Waals surface area contributed by atoms with E-state index in [1.807, 2.05) is 13.8 Å². The fraction of sp³-hybridized carbons (Fsp3) is 0.316. The van der Waals surface area contributed by atoms with Crippen LogP contribution in [-0.2, 0) is 0 Å². The SMILES string of the molecule is Cc1noc2nc(C(C)C)cc(C(=O)Nc3cccc(OCC(F)(F)F)c3)c12. The molecule has 0 fully saturated rings. The Morgan fingerprint density at radius 1 is 1.29 bits per heavy atom. The maximum Gasteiger partial charge on any atom is 0.422 e. The average molecular weight is 393 g/mol. The van der Waals surface area contributed by atoms with Crippen LogP contribution >= 0.6 is 0 Å². The van der Waals surface area contributed by atoms with Gasteiger partial charge in [0.15, 0.2) is 6.61 Å². The van der Waals surface area contributed by atoms with Crippen molar-refractivity contribution < 1.29 is 27.2 Å². The molecule has 1 N–H and O–H groups in total. The highest BCUT2D eigenvalue weighted by molar-refractivity contribution is 6.12. The molecule has 1 aromatic carbocycles. The molecule has 0 unspecified atom stereocenters. The Bertz CT molecular complexity index is 1010. The number of hydrogen-bond donors (Lipinski definition) is 1. The molecule has 0 radical (unpaired) electrons. The Labute approximate surface area is 158 Å². The second kappa shape index (κ2) is 7.49. The number of alkyl halides is 3. The average Bonchev–Trinajstić information content (AvgIpc) is 3.00. The fourth-order valence-corrected chi connectivity index (χ4v) is 2.62. The number of nitrogens with one attached hydrogen (secondary N) is 1. The smallest absolute Gasteiger partial charge is 0.422 e. The van der Waals surface area contributed by atoms with E-state index in [0.29, 0.717) is 28.0 Å². The van der Waals surface area contributed by atoms with Gasteiger partial charge < -0.3 is 14.6 Å². The number of nitrogens with zero attached hydrogens (tertiary/aromatic N) is 2. The minimum Gasteiger partial charge on any atom is -0.484 e. The quantitative estimate of drug-likeness (QED) is 0.671. The number of hydrogen-bond acceptors (Lipinski definition) is 5. The first-order valence-corrected chi connectivity index (χ1v) is 8.52. The lowest BCUT2D eigenvalue weighted by Crippen LogP contribution is -2.19. The molecule has 3 aromatic rings. The molecule has 3 rings (SSSR count). The van der Waals surface area contributed by atoms with Gasteiger partial charge in [-0.15, -0.1) is 0 Å². The Morgan fingerprint density at radius 3 is 2.71 bits per heavy atom. The summed E-state index contributed by atoms with van der Waals surface area (Å²) in [6.07, 6.45) is -4.44. The van der Waals surface area contributed by atoms with Crippen LogP contribution in [0.15, 0.2) is 34.9 Å². The van der Waals surface area contributed by atoms with Crippen molar-refractivity contribution in [3.8, 4) is 5.75 Å². The molecule has 0 saturated heterocycles. The van der Waals surface area contributed by atoms with Gasteiger partial charge in [-0.3, -0.25) is 4.79 Å². The van der Waals surface area contributed by atoms with E-state index in [2.05, 4.69) is 15.5 Å². The van der Waals surface area contributed by atoms with Gasteiger partial charge in [0.2, 0.25) is 0 Å². The lowest BCUT2D eigenvalue weighted by molar-refractivity contribution is -0.153. The number of aryl methyl sites for hydroxylation is 1. The van der Waals surface area contributed by atoms with Crippen LogP contribution in [0.5, 0.6) is 5.75 Å². The van der Waals surface area contributed by atoms with Gasteiger partial charge in [-0.05, 0) is 31.0 Å². The third kappa shape index (κ3) is 4.41. The van der Waals surface area contributed by atoms with Crippen LogP contribution in [-0.4, -0.2) is 28.8 Å². The summed E-state index contributed by atoms with van der Waals surface area (Å²) in [5.41, 5.74) is 2.07. The van der Waals surface area contributed by atoms with E-state index in [-0.39, 0.29) is 17.4 Å². The van der Waals surface area contributed by atoms with E-state index in [0.717, 1.165) is 0 Å². The van der Waals surface area contributed by atoms with Crippen molar-refractivity contribution in [2.24, 2.45) is 0 Å². The molecule has 0 spiro atoms. The molecule has 0 aliphatic rings. The Balaban J connectivity index is 1.88. The molecule has 148 valence electrons. The number of aromatic nitrogens is 2. The zero-order valence-corrected chi connectivity index (χ0v) is 15.4. The molecule has 0 bridgehead atoms. The largest absolute Gasteiger partial charge is 0.484 e. The molecule has 0 aliphatic carbocycles. The van der Waals surface area contributed by atoms with Gasteiger partial charge in [-0.2, -0.15) is 13.2 Å². The van der Waals surface area contributed by atoms with Crippen LogP contribution in [0, 0.1) is 6.92 Å². The molecule has 6 nitrogen and oxygen atoms in total. The topological polar surface area (TPSA) is 77.2 Å². The molecule has 9 heteroatoms. The number of ether oxygens (including phenoxy) is 1. The molecule has 2 heterocycles. The van der Waals surface area contributed by atoms with Crippen molar-refractivity contribution in [2.75, 3.05) is 11.9 Å². The van der Waals surface area contributed by atoms with Crippen molar-refractivity contribution >= 4 is 22.7 Å². The summed E-state index contributed by atoms with van der Waals surface area (Å²) in [6, 6.07) is 7.42. The summed E-state index contributed by atoms with van der Waals surface area (Å²) < 4.78 is 46.9. The third-order valence-corrected chi connectivity index (χ3v) is 3.97. The highest BCUT2D eigenvalue weighted by Gasteiger charge is 2.28. The number of anilines is 1. The third-order valence-electron chi connectivity index (χ3n) is 3.97. The molecule has 28 heavy (non-hydrogen) atoms. The second-order valence-electron chi connectivity index (χ2n) is 6.58. The second-order valence-corrected chi connectivity index (χ2v) is 6.58. The first-order chi connectivity index (χ1) is 13.1. The highest BCUT2D eigenvalue weighted by Crippen LogP contribution is 2.27. The highest BCUT2D eigenvalue weighted by atomic mass is 19.4. The zero-order chi connectivity index (χ0) is 20.5. The lowest BCUT2D eigenvalue weighted by Gasteiger charge is -2.12. The Kier molecular flexibility index (Phi) is 5.26. The van der Waals surface area contributed by atoms with Crippen LogP contribution in [0.1, 0.15) is 41.5 Å². The summed E-state index contributed by atoms with van der Waals surface area (Å²) in [5.74, 6) is -0.395. The number of carbonyl (C=O) groups is 1. The summed E-state index contributed by atoms with van der Waals surface area (Å²) in [4.78, 5) is 17.2. The summed E-state index contributed by atoms with van der Waals surface area (Å²) in [5, 5.41) is 7.03. The number of amides is 1. The van der Waals surface area contributed by atoms with Gasteiger partial charge in [0.25, 0.3) is 11.6 Å². The van der Waals surface area contributed by atoms with Crippen molar-refractivity contribution in [3.63, 3.8) is 0 Å². The predicted octanol–water partition coefficient (Wildman–Crippen LogP) is 4.85. The van der Waals surface area contributed by atoms with Crippen LogP contribution < -0.4 is 10.1 Å². The number of pyridine rings is 1. The molecular weight excluding hydrogens is 375 g/mol. The van der Waals surface area contributed by atoms with E-state index >= 15 is 0 Å². The summed E-state index contributed by atoms with van der Waals surface area (Å²) in [6.45, 7) is 4.15. The van der Waals surface area contributed by atoms with E-state index in [1.54, 1.807) is 19.1 Å². The van der Waals surface area contributed by atoms with Gasteiger partial charge in [-0.1, -0.05) is 25.1 Å². The van der Waals surface area contributed by atoms with E-state index in [1.165, 1.54) is 18.2 Å². The number of benzene rings is 1. The van der Waals surface area contributed by atoms with E-state index < -0.39 is 18.7 Å². The van der Waals surface area contributed by atoms with Crippen molar-refractivity contribution in [1.29, 1.82) is 0 Å². The van der Waals surface area contributed by atoms with E-state index in [9.17, 15) is 18.0 Å². The van der Waals surface area contributed by atoms with Gasteiger partial charge in [0.05, 0.1) is 16.6 Å². The zero-order valence-electron chi connectivity index (χ0n) is 15.4. The monoisotopic (exact) mass is 393 g/mol. The number of fused-ring (bicyclic) bond motifs is 1. The number of halogens is 3. The molecule has 0 aliphatic heterocycles. The molecule has 0 atom stereocenters. The predicted molar refractivity (Wildman–Crippen MR) is 96.6 cm³/mol. The summed E-state index contributed by atoms with van der Waals surface area (Å²) >= 11 is 0. The first kappa shape index (κ1) is 19.7. The van der Waals surface area contributed by atoms with Crippen LogP contribution in [0.2, 0.25) is 0 Å². The maximum absolute atomic E-state index is 12.9. The molecule has 1 amide bonds. The number of rotatable bonds is 5. The minimum absolute atomic E-state index is 0.000900. The van der Waals surface area contributed by atoms with Crippen molar-refractivity contribution in [1.82, 2.24) is 10.1 Å². The lowest BCUT2D eigenvalue weighted by atomic mass is 10.0. The van der Waals surface area contributed by atoms with Gasteiger partial charge in [-0.25, -0.2) is 4.98 Å². The first-order valence-electron chi connectivity index (χ1n) is 8.52. The fourth-order valence-electron chi connectivity index (χ4n) is 2.62. The standard InChI is InChI=1S/C19H18F3N3O3/c1-10(2)15-8-14(16-11(3)25-28-18(16)24-15)17(26)23-12-5-4-6-13(7-12)27-9-19(20,21)22/h4-8,10H,9H2,1-3H3,(H,23,26). The van der Waals surface area contributed by atoms with E-state index in [4.69, 9.17) is 9.26 Å².